The second-order valence-electron chi connectivity index (χ2n) is 6.97. The molecule has 3 N–H and O–H groups in total. The van der Waals surface area contributed by atoms with Gasteiger partial charge in [-0.1, -0.05) is 6.07 Å². The minimum Gasteiger partial charge on any atom is -0.444 e. The summed E-state index contributed by atoms with van der Waals surface area (Å²) in [5.41, 5.74) is 7.58. The van der Waals surface area contributed by atoms with E-state index in [4.69, 9.17) is 10.5 Å². The number of thiazole rings is 1. The summed E-state index contributed by atoms with van der Waals surface area (Å²) in [7, 11) is 0. The highest BCUT2D eigenvalue weighted by atomic mass is 32.1. The molecule has 3 rings (SSSR count). The van der Waals surface area contributed by atoms with Crippen molar-refractivity contribution < 1.29 is 9.53 Å². The number of fused-ring (bicyclic) bond motifs is 1. The van der Waals surface area contributed by atoms with Crippen LogP contribution in [0.25, 0.3) is 0 Å². The number of anilines is 2. The van der Waals surface area contributed by atoms with E-state index in [-0.39, 0.29) is 0 Å². The molecule has 1 atom stereocenters. The fraction of sp³-hybridized carbons (Fsp3) is 0.471. The van der Waals surface area contributed by atoms with Crippen molar-refractivity contribution in [2.75, 3.05) is 11.1 Å². The molecule has 2 aromatic heterocycles. The number of nitrogens with zero attached hydrogens (tertiary/aromatic N) is 2. The van der Waals surface area contributed by atoms with Crippen molar-refractivity contribution in [3.05, 3.63) is 34.5 Å². The van der Waals surface area contributed by atoms with E-state index in [9.17, 15) is 4.79 Å². The molecule has 1 unspecified atom stereocenters. The number of pyridine rings is 1. The Hall–Kier alpha value is -2.15. The first-order valence-electron chi connectivity index (χ1n) is 8.00. The van der Waals surface area contributed by atoms with Crippen LogP contribution in [-0.4, -0.2) is 21.7 Å². The van der Waals surface area contributed by atoms with Gasteiger partial charge < -0.3 is 10.5 Å². The number of amides is 1. The zero-order valence-electron chi connectivity index (χ0n) is 14.1. The van der Waals surface area contributed by atoms with E-state index < -0.39 is 11.7 Å². The zero-order chi connectivity index (χ0) is 17.3. The third-order valence-electron chi connectivity index (χ3n) is 3.84. The summed E-state index contributed by atoms with van der Waals surface area (Å²) < 4.78 is 5.22. The average Bonchev–Trinajstić information content (AvgIpc) is 2.85. The Balaban J connectivity index is 1.64. The molecular weight excluding hydrogens is 324 g/mol. The second kappa shape index (κ2) is 6.39. The third-order valence-corrected chi connectivity index (χ3v) is 4.79. The number of nitrogens with one attached hydrogen (secondary N) is 1. The van der Waals surface area contributed by atoms with E-state index >= 15 is 0 Å². The molecule has 2 heterocycles. The number of aromatic nitrogens is 2. The van der Waals surface area contributed by atoms with Gasteiger partial charge in [-0.05, 0) is 57.6 Å². The molecule has 1 amide bonds. The molecule has 0 saturated heterocycles. The van der Waals surface area contributed by atoms with Gasteiger partial charge in [-0.25, -0.2) is 14.8 Å². The number of nitrogen functional groups attached to an aromatic ring is 1. The summed E-state index contributed by atoms with van der Waals surface area (Å²) in [5.74, 6) is 0.909. The fourth-order valence-corrected chi connectivity index (χ4v) is 3.77. The van der Waals surface area contributed by atoms with Crippen LogP contribution in [-0.2, 0) is 17.6 Å². The lowest BCUT2D eigenvalue weighted by atomic mass is 9.86. The van der Waals surface area contributed by atoms with Crippen molar-refractivity contribution in [2.24, 2.45) is 0 Å². The second-order valence-corrected chi connectivity index (χ2v) is 8.08. The van der Waals surface area contributed by atoms with Gasteiger partial charge in [-0.2, -0.15) is 0 Å². The third kappa shape index (κ3) is 4.03. The van der Waals surface area contributed by atoms with Gasteiger partial charge in [0.2, 0.25) is 0 Å². The van der Waals surface area contributed by atoms with E-state index in [1.807, 2.05) is 39.1 Å². The monoisotopic (exact) mass is 346 g/mol. The molecule has 7 heteroatoms. The summed E-state index contributed by atoms with van der Waals surface area (Å²) >= 11 is 1.58. The van der Waals surface area contributed by atoms with Crippen molar-refractivity contribution in [2.45, 2.75) is 51.6 Å². The lowest BCUT2D eigenvalue weighted by Crippen LogP contribution is -2.27. The Bertz CT molecular complexity index is 734. The summed E-state index contributed by atoms with van der Waals surface area (Å²) in [4.78, 5) is 21.8. The summed E-state index contributed by atoms with van der Waals surface area (Å²) in [6.45, 7) is 5.48. The van der Waals surface area contributed by atoms with Gasteiger partial charge >= 0.3 is 6.09 Å². The van der Waals surface area contributed by atoms with Gasteiger partial charge in [-0.3, -0.25) is 5.32 Å². The number of hydrogen-bond acceptors (Lipinski definition) is 6. The number of carbonyl (C=O) groups excluding carboxylic acids is 1. The van der Waals surface area contributed by atoms with Gasteiger partial charge in [0.15, 0.2) is 5.13 Å². The van der Waals surface area contributed by atoms with Crippen LogP contribution in [0.15, 0.2) is 18.3 Å². The molecule has 0 aliphatic heterocycles. The lowest BCUT2D eigenvalue weighted by molar-refractivity contribution is 0.0635. The topological polar surface area (TPSA) is 90.1 Å². The van der Waals surface area contributed by atoms with Crippen LogP contribution in [0.4, 0.5) is 15.7 Å². The van der Waals surface area contributed by atoms with E-state index in [0.29, 0.717) is 16.9 Å². The highest BCUT2D eigenvalue weighted by Gasteiger charge is 2.23. The molecule has 128 valence electrons. The van der Waals surface area contributed by atoms with E-state index in [1.165, 1.54) is 10.4 Å². The Morgan fingerprint density at radius 3 is 2.88 bits per heavy atom. The summed E-state index contributed by atoms with van der Waals surface area (Å²) in [5, 5.41) is 3.30. The Labute approximate surface area is 145 Å². The molecule has 1 aliphatic rings. The quantitative estimate of drug-likeness (QED) is 0.864. The summed E-state index contributed by atoms with van der Waals surface area (Å²) in [6, 6.07) is 3.83. The van der Waals surface area contributed by atoms with E-state index in [2.05, 4.69) is 15.3 Å². The molecule has 0 radical (unpaired) electrons. The van der Waals surface area contributed by atoms with Gasteiger partial charge in [-0.15, -0.1) is 11.3 Å². The Morgan fingerprint density at radius 1 is 1.42 bits per heavy atom. The molecule has 0 saturated carbocycles. The molecule has 0 bridgehead atoms. The van der Waals surface area contributed by atoms with Crippen molar-refractivity contribution in [1.82, 2.24) is 9.97 Å². The lowest BCUT2D eigenvalue weighted by Gasteiger charge is -2.21. The average molecular weight is 346 g/mol. The van der Waals surface area contributed by atoms with Gasteiger partial charge in [0.1, 0.15) is 11.4 Å². The normalized spacial score (nSPS) is 17.2. The molecular formula is C17H22N4O2S. The van der Waals surface area contributed by atoms with Crippen LogP contribution in [0.3, 0.4) is 0 Å². The van der Waals surface area contributed by atoms with Crippen molar-refractivity contribution in [1.29, 1.82) is 0 Å². The number of aryl methyl sites for hydroxylation is 1. The van der Waals surface area contributed by atoms with Gasteiger partial charge in [0.25, 0.3) is 0 Å². The van der Waals surface area contributed by atoms with Crippen LogP contribution in [0.2, 0.25) is 0 Å². The minimum absolute atomic E-state index is 0.417. The van der Waals surface area contributed by atoms with Crippen LogP contribution >= 0.6 is 11.3 Å². The number of nitrogens with two attached hydrogens (primary N) is 1. The minimum atomic E-state index is -0.527. The highest BCUT2D eigenvalue weighted by molar-refractivity contribution is 7.15. The van der Waals surface area contributed by atoms with Crippen molar-refractivity contribution in [3.8, 4) is 0 Å². The fourth-order valence-electron chi connectivity index (χ4n) is 2.81. The summed E-state index contributed by atoms with van der Waals surface area (Å²) in [6.07, 6.45) is 4.27. The Morgan fingerprint density at radius 2 is 2.21 bits per heavy atom. The maximum Gasteiger partial charge on any atom is 0.413 e. The maximum absolute atomic E-state index is 11.8. The van der Waals surface area contributed by atoms with Crippen LogP contribution in [0, 0.1) is 0 Å². The molecule has 0 spiro atoms. The first-order chi connectivity index (χ1) is 11.3. The number of rotatable bonds is 2. The molecule has 0 aromatic carbocycles. The van der Waals surface area contributed by atoms with E-state index in [0.717, 1.165) is 25.0 Å². The molecule has 24 heavy (non-hydrogen) atoms. The van der Waals surface area contributed by atoms with Gasteiger partial charge in [0, 0.05) is 11.1 Å². The van der Waals surface area contributed by atoms with E-state index in [1.54, 1.807) is 11.3 Å². The van der Waals surface area contributed by atoms with Gasteiger partial charge in [0.05, 0.1) is 5.69 Å². The largest absolute Gasteiger partial charge is 0.444 e. The predicted molar refractivity (Wildman–Crippen MR) is 95.4 cm³/mol. The smallest absolute Gasteiger partial charge is 0.413 e. The Kier molecular flexibility index (Phi) is 4.45. The highest BCUT2D eigenvalue weighted by Crippen LogP contribution is 2.36. The molecule has 1 aliphatic carbocycles. The first kappa shape index (κ1) is 16.7. The van der Waals surface area contributed by atoms with Crippen molar-refractivity contribution in [3.63, 3.8) is 0 Å². The molecule has 2 aromatic rings. The predicted octanol–water partition coefficient (Wildman–Crippen LogP) is 3.74. The number of hydrogen-bond donors (Lipinski definition) is 2. The van der Waals surface area contributed by atoms with Crippen LogP contribution in [0.5, 0.6) is 0 Å². The number of ether oxygens (including phenoxy) is 1. The first-order valence-corrected chi connectivity index (χ1v) is 8.82. The molecule has 0 fully saturated rings. The van der Waals surface area contributed by atoms with Crippen LogP contribution in [0.1, 0.15) is 49.2 Å². The SMILES string of the molecule is CC(C)(C)OC(=O)Nc1ccc(C2CCc3nc(N)sc3C2)cn1. The zero-order valence-corrected chi connectivity index (χ0v) is 14.9. The van der Waals surface area contributed by atoms with Crippen molar-refractivity contribution >= 4 is 28.4 Å². The molecule has 6 nitrogen and oxygen atoms in total. The number of carbonyl (C=O) groups is 1. The van der Waals surface area contributed by atoms with Crippen LogP contribution < -0.4 is 11.1 Å². The standard InChI is InChI=1S/C17H22N4O2S/c1-17(2,3)23-16(22)21-14-7-5-11(9-19-14)10-4-6-12-13(8-10)24-15(18)20-12/h5,7,9-10H,4,6,8H2,1-3H3,(H2,18,20)(H,19,21,22). The maximum atomic E-state index is 11.8.